The van der Waals surface area contributed by atoms with Gasteiger partial charge < -0.3 is 19.7 Å². The average Bonchev–Trinajstić information content (AvgIpc) is 3.47. The van der Waals surface area contributed by atoms with Crippen molar-refractivity contribution in [2.24, 2.45) is 0 Å². The third-order valence-electron chi connectivity index (χ3n) is 6.18. The molecule has 0 radical (unpaired) electrons. The quantitative estimate of drug-likeness (QED) is 0.636. The van der Waals surface area contributed by atoms with Gasteiger partial charge >= 0.3 is 0 Å². The fourth-order valence-electron chi connectivity index (χ4n) is 4.30. The Balaban J connectivity index is 1.45. The van der Waals surface area contributed by atoms with Crippen LogP contribution in [0.15, 0.2) is 42.5 Å². The van der Waals surface area contributed by atoms with Crippen LogP contribution in [0, 0.1) is 0 Å². The zero-order valence-electron chi connectivity index (χ0n) is 18.3. The molecular formula is C25H29ClN2O4. The van der Waals surface area contributed by atoms with Gasteiger partial charge in [0.25, 0.3) is 0 Å². The van der Waals surface area contributed by atoms with Crippen molar-refractivity contribution in [3.63, 3.8) is 0 Å². The van der Waals surface area contributed by atoms with E-state index in [1.807, 2.05) is 36.4 Å². The molecule has 2 amide bonds. The van der Waals surface area contributed by atoms with E-state index in [1.54, 1.807) is 17.9 Å². The van der Waals surface area contributed by atoms with Crippen LogP contribution in [0.4, 0.5) is 0 Å². The Morgan fingerprint density at radius 1 is 1.09 bits per heavy atom. The number of hydrogen-bond donors (Lipinski definition) is 1. The van der Waals surface area contributed by atoms with E-state index in [1.165, 1.54) is 0 Å². The molecule has 1 aliphatic carbocycles. The van der Waals surface area contributed by atoms with Crippen LogP contribution >= 0.6 is 11.6 Å². The van der Waals surface area contributed by atoms with Gasteiger partial charge in [-0.2, -0.15) is 0 Å². The first-order valence-corrected chi connectivity index (χ1v) is 11.6. The minimum atomic E-state index is -0.571. The van der Waals surface area contributed by atoms with Gasteiger partial charge in [-0.25, -0.2) is 0 Å². The van der Waals surface area contributed by atoms with Crippen molar-refractivity contribution in [1.82, 2.24) is 10.2 Å². The van der Waals surface area contributed by atoms with Gasteiger partial charge in [0.2, 0.25) is 18.6 Å². The fourth-order valence-corrected chi connectivity index (χ4v) is 4.51. The number of rotatable bonds is 8. The second-order valence-corrected chi connectivity index (χ2v) is 8.94. The Labute approximate surface area is 193 Å². The monoisotopic (exact) mass is 456 g/mol. The first-order chi connectivity index (χ1) is 15.5. The molecule has 1 heterocycles. The molecule has 0 unspecified atom stereocenters. The van der Waals surface area contributed by atoms with Crippen LogP contribution in [-0.4, -0.2) is 35.6 Å². The van der Waals surface area contributed by atoms with Crippen LogP contribution < -0.4 is 14.8 Å². The summed E-state index contributed by atoms with van der Waals surface area (Å²) in [4.78, 5) is 27.9. The van der Waals surface area contributed by atoms with Gasteiger partial charge in [0, 0.05) is 24.0 Å². The maximum Gasteiger partial charge on any atom is 0.242 e. The third-order valence-corrected chi connectivity index (χ3v) is 6.41. The Kier molecular flexibility index (Phi) is 7.20. The van der Waals surface area contributed by atoms with E-state index in [4.69, 9.17) is 21.1 Å². The minimum Gasteiger partial charge on any atom is -0.454 e. The summed E-state index contributed by atoms with van der Waals surface area (Å²) in [6, 6.07) is 12.8. The summed E-state index contributed by atoms with van der Waals surface area (Å²) in [7, 11) is 0. The number of benzene rings is 2. The Bertz CT molecular complexity index is 974. The van der Waals surface area contributed by atoms with Gasteiger partial charge in [0.1, 0.15) is 6.04 Å². The number of carbonyl (C=O) groups excluding carboxylic acids is 2. The van der Waals surface area contributed by atoms with Crippen LogP contribution in [0.5, 0.6) is 11.5 Å². The maximum absolute atomic E-state index is 13.3. The summed E-state index contributed by atoms with van der Waals surface area (Å²) in [6.07, 6.45) is 5.13. The van der Waals surface area contributed by atoms with Crippen LogP contribution in [0.1, 0.15) is 50.2 Å². The third kappa shape index (κ3) is 5.54. The molecule has 4 rings (SSSR count). The van der Waals surface area contributed by atoms with Crippen molar-refractivity contribution in [3.8, 4) is 11.5 Å². The van der Waals surface area contributed by atoms with E-state index in [2.05, 4.69) is 5.32 Å². The lowest BCUT2D eigenvalue weighted by Crippen LogP contribution is -2.49. The number of nitrogens with zero attached hydrogens (tertiary/aromatic N) is 1. The number of carbonyl (C=O) groups is 2. The van der Waals surface area contributed by atoms with E-state index in [0.29, 0.717) is 30.2 Å². The molecule has 0 bridgehead atoms. The topological polar surface area (TPSA) is 67.9 Å². The van der Waals surface area contributed by atoms with Crippen molar-refractivity contribution in [3.05, 3.63) is 58.6 Å². The Hall–Kier alpha value is -2.73. The van der Waals surface area contributed by atoms with Gasteiger partial charge in [0.15, 0.2) is 11.5 Å². The molecule has 2 aromatic rings. The van der Waals surface area contributed by atoms with Crippen molar-refractivity contribution in [1.29, 1.82) is 0 Å². The number of amides is 2. The highest BCUT2D eigenvalue weighted by molar-refractivity contribution is 6.30. The van der Waals surface area contributed by atoms with E-state index in [0.717, 1.165) is 42.6 Å². The smallest absolute Gasteiger partial charge is 0.242 e. The number of aryl methyl sites for hydroxylation is 1. The highest BCUT2D eigenvalue weighted by Crippen LogP contribution is 2.33. The van der Waals surface area contributed by atoms with Gasteiger partial charge in [-0.3, -0.25) is 9.59 Å². The van der Waals surface area contributed by atoms with Crippen molar-refractivity contribution in [2.45, 2.75) is 64.1 Å². The lowest BCUT2D eigenvalue weighted by Gasteiger charge is -2.30. The molecule has 2 aliphatic rings. The average molecular weight is 457 g/mol. The number of fused-ring (bicyclic) bond motifs is 1. The van der Waals surface area contributed by atoms with Crippen molar-refractivity contribution < 1.29 is 19.1 Å². The van der Waals surface area contributed by atoms with E-state index in [-0.39, 0.29) is 24.6 Å². The molecule has 0 saturated heterocycles. The summed E-state index contributed by atoms with van der Waals surface area (Å²) in [5.41, 5.74) is 1.89. The van der Waals surface area contributed by atoms with Crippen molar-refractivity contribution >= 4 is 23.4 Å². The summed E-state index contributed by atoms with van der Waals surface area (Å²) in [5, 5.41) is 3.73. The largest absolute Gasteiger partial charge is 0.454 e. The lowest BCUT2D eigenvalue weighted by molar-refractivity contribution is -0.140. The van der Waals surface area contributed by atoms with Crippen LogP contribution in [-0.2, 0) is 22.6 Å². The first kappa shape index (κ1) is 22.5. The molecular weight excluding hydrogens is 428 g/mol. The SMILES string of the molecule is C[C@@H](C(=O)NC1CCCC1)N(Cc1cccc(Cl)c1)C(=O)CCc1ccc2c(c1)OCO2. The number of hydrogen-bond acceptors (Lipinski definition) is 4. The number of nitrogens with one attached hydrogen (secondary N) is 1. The van der Waals surface area contributed by atoms with Gasteiger partial charge in [0.05, 0.1) is 0 Å². The second-order valence-electron chi connectivity index (χ2n) is 8.51. The van der Waals surface area contributed by atoms with Crippen LogP contribution in [0.2, 0.25) is 5.02 Å². The van der Waals surface area contributed by atoms with E-state index < -0.39 is 6.04 Å². The van der Waals surface area contributed by atoms with E-state index >= 15 is 0 Å². The molecule has 0 aromatic heterocycles. The van der Waals surface area contributed by atoms with Crippen molar-refractivity contribution in [2.75, 3.05) is 6.79 Å². The zero-order valence-corrected chi connectivity index (χ0v) is 19.1. The molecule has 1 N–H and O–H groups in total. The Morgan fingerprint density at radius 3 is 2.66 bits per heavy atom. The van der Waals surface area contributed by atoms with Gasteiger partial charge in [-0.1, -0.05) is 42.6 Å². The normalized spacial score (nSPS) is 16.1. The Morgan fingerprint density at radius 2 is 1.88 bits per heavy atom. The van der Waals surface area contributed by atoms with Crippen LogP contribution in [0.3, 0.4) is 0 Å². The van der Waals surface area contributed by atoms with E-state index in [9.17, 15) is 9.59 Å². The number of halogens is 1. The molecule has 1 fully saturated rings. The number of ether oxygens (including phenoxy) is 2. The fraction of sp³-hybridized carbons (Fsp3) is 0.440. The zero-order chi connectivity index (χ0) is 22.5. The minimum absolute atomic E-state index is 0.0725. The van der Waals surface area contributed by atoms with Gasteiger partial charge in [-0.05, 0) is 61.6 Å². The molecule has 2 aromatic carbocycles. The molecule has 170 valence electrons. The molecule has 0 spiro atoms. The molecule has 1 saturated carbocycles. The standard InChI is InChI=1S/C25H29ClN2O4/c1-17(25(30)27-21-7-2-3-8-21)28(15-19-5-4-6-20(26)13-19)24(29)12-10-18-9-11-22-23(14-18)32-16-31-22/h4-6,9,11,13-14,17,21H,2-3,7-8,10,12,15-16H2,1H3,(H,27,30)/t17-/m0/s1. The lowest BCUT2D eigenvalue weighted by atomic mass is 10.1. The van der Waals surface area contributed by atoms with Crippen LogP contribution in [0.25, 0.3) is 0 Å². The second kappa shape index (κ2) is 10.3. The molecule has 1 atom stereocenters. The summed E-state index contributed by atoms with van der Waals surface area (Å²) in [6.45, 7) is 2.35. The molecule has 6 nitrogen and oxygen atoms in total. The summed E-state index contributed by atoms with van der Waals surface area (Å²) >= 11 is 6.15. The first-order valence-electron chi connectivity index (χ1n) is 11.2. The van der Waals surface area contributed by atoms with Gasteiger partial charge in [-0.15, -0.1) is 0 Å². The predicted molar refractivity (Wildman–Crippen MR) is 123 cm³/mol. The molecule has 7 heteroatoms. The summed E-state index contributed by atoms with van der Waals surface area (Å²) < 4.78 is 10.8. The highest BCUT2D eigenvalue weighted by Gasteiger charge is 2.28. The molecule has 1 aliphatic heterocycles. The predicted octanol–water partition coefficient (Wildman–Crippen LogP) is 4.48. The highest BCUT2D eigenvalue weighted by atomic mass is 35.5. The molecule has 32 heavy (non-hydrogen) atoms. The summed E-state index contributed by atoms with van der Waals surface area (Å²) in [5.74, 6) is 1.25. The maximum atomic E-state index is 13.3.